The van der Waals surface area contributed by atoms with Crippen LogP contribution in [0.2, 0.25) is 0 Å². The molecule has 0 bridgehead atoms. The third-order valence-electron chi connectivity index (χ3n) is 6.48. The van der Waals surface area contributed by atoms with Crippen LogP contribution in [0.1, 0.15) is 70.0 Å². The van der Waals surface area contributed by atoms with Gasteiger partial charge in [0.15, 0.2) is 0 Å². The predicted octanol–water partition coefficient (Wildman–Crippen LogP) is 7.03. The summed E-state index contributed by atoms with van der Waals surface area (Å²) in [5.74, 6) is -0.0193. The lowest BCUT2D eigenvalue weighted by Crippen LogP contribution is -2.53. The molecule has 2 atom stereocenters. The Morgan fingerprint density at radius 3 is 2.42 bits per heavy atom. The topological polar surface area (TPSA) is 68.2 Å². The number of carbonyl (C=O) groups excluding carboxylic acids is 1. The highest BCUT2D eigenvalue weighted by Gasteiger charge is 2.47. The monoisotopic (exact) mass is 533 g/mol. The Morgan fingerprint density at radius 2 is 1.82 bits per heavy atom. The molecule has 2 fully saturated rings. The van der Waals surface area contributed by atoms with Gasteiger partial charge in [-0.3, -0.25) is 4.90 Å². The van der Waals surface area contributed by atoms with Gasteiger partial charge < -0.3 is 19.3 Å². The number of halogens is 3. The number of benzene rings is 2. The number of alkyl halides is 3. The fraction of sp³-hybridized carbons (Fsp3) is 0.483. The lowest BCUT2D eigenvalue weighted by molar-refractivity contribution is -0.274. The normalized spacial score (nSPS) is 22.1. The van der Waals surface area contributed by atoms with E-state index >= 15 is 0 Å². The molecule has 2 aliphatic rings. The van der Waals surface area contributed by atoms with Crippen LogP contribution in [-0.2, 0) is 4.74 Å². The van der Waals surface area contributed by atoms with Gasteiger partial charge >= 0.3 is 12.5 Å². The van der Waals surface area contributed by atoms with Gasteiger partial charge in [0.25, 0.3) is 0 Å². The summed E-state index contributed by atoms with van der Waals surface area (Å²) in [6.07, 6.45) is -2.85. The highest BCUT2D eigenvalue weighted by atomic mass is 19.4. The first kappa shape index (κ1) is 27.8. The van der Waals surface area contributed by atoms with E-state index in [0.717, 1.165) is 18.4 Å². The number of nitrogens with zero attached hydrogens (tertiary/aromatic N) is 1. The van der Waals surface area contributed by atoms with E-state index in [2.05, 4.69) is 11.3 Å². The van der Waals surface area contributed by atoms with Crippen LogP contribution in [0.5, 0.6) is 11.5 Å². The molecule has 1 heterocycles. The maximum absolute atomic E-state index is 13.2. The van der Waals surface area contributed by atoms with Gasteiger partial charge in [0, 0.05) is 18.5 Å². The fourth-order valence-electron chi connectivity index (χ4n) is 4.85. The molecule has 1 amide bonds. The Balaban J connectivity index is 1.68. The highest BCUT2D eigenvalue weighted by Crippen LogP contribution is 2.46. The molecule has 2 unspecified atom stereocenters. The summed E-state index contributed by atoms with van der Waals surface area (Å²) in [5.41, 5.74) is -0.774. The van der Waals surface area contributed by atoms with Gasteiger partial charge in [-0.1, -0.05) is 36.9 Å². The molecule has 4 rings (SSSR count). The van der Waals surface area contributed by atoms with E-state index in [4.69, 9.17) is 9.47 Å². The number of ether oxygens (including phenoxy) is 3. The molecule has 1 saturated carbocycles. The molecule has 206 valence electrons. The van der Waals surface area contributed by atoms with Crippen LogP contribution in [0.25, 0.3) is 5.57 Å². The smallest absolute Gasteiger partial charge is 0.490 e. The third-order valence-corrected chi connectivity index (χ3v) is 6.48. The number of amides is 1. The molecule has 38 heavy (non-hydrogen) atoms. The largest absolute Gasteiger partial charge is 0.573 e. The van der Waals surface area contributed by atoms with E-state index < -0.39 is 35.4 Å². The van der Waals surface area contributed by atoms with E-state index in [-0.39, 0.29) is 12.5 Å². The molecule has 1 aliphatic carbocycles. The SMILES string of the molecule is C=C(CC1(O)CCCN(C(=O)OC(C)(C)C)C1c1ccccc1)c1cc(OC(F)(F)F)ccc1OC1CC1. The maximum Gasteiger partial charge on any atom is 0.573 e. The van der Waals surface area contributed by atoms with Crippen LogP contribution in [0, 0.1) is 0 Å². The third kappa shape index (κ3) is 7.01. The zero-order chi connectivity index (χ0) is 27.7. The van der Waals surface area contributed by atoms with Crippen molar-refractivity contribution in [1.29, 1.82) is 0 Å². The van der Waals surface area contributed by atoms with Crippen molar-refractivity contribution in [3.8, 4) is 11.5 Å². The summed E-state index contributed by atoms with van der Waals surface area (Å²) in [7, 11) is 0. The van der Waals surface area contributed by atoms with E-state index in [1.165, 1.54) is 23.1 Å². The minimum atomic E-state index is -4.86. The van der Waals surface area contributed by atoms with E-state index in [1.807, 2.05) is 30.3 Å². The Labute approximate surface area is 221 Å². The van der Waals surface area contributed by atoms with Gasteiger partial charge in [-0.05, 0) is 75.8 Å². The summed E-state index contributed by atoms with van der Waals surface area (Å²) in [6, 6.07) is 12.3. The Hall–Kier alpha value is -3.20. The first-order valence-electron chi connectivity index (χ1n) is 12.8. The predicted molar refractivity (Wildman–Crippen MR) is 137 cm³/mol. The molecule has 9 heteroatoms. The lowest BCUT2D eigenvalue weighted by Gasteiger charge is -2.47. The molecule has 0 radical (unpaired) electrons. The molecule has 0 spiro atoms. The molecule has 1 saturated heterocycles. The highest BCUT2D eigenvalue weighted by molar-refractivity contribution is 5.72. The zero-order valence-corrected chi connectivity index (χ0v) is 21.9. The van der Waals surface area contributed by atoms with Gasteiger partial charge in [-0.15, -0.1) is 13.2 Å². The van der Waals surface area contributed by atoms with Crippen molar-refractivity contribution in [2.75, 3.05) is 6.54 Å². The van der Waals surface area contributed by atoms with E-state index in [0.29, 0.717) is 36.3 Å². The molecule has 1 N–H and O–H groups in total. The van der Waals surface area contributed by atoms with Gasteiger partial charge in [-0.25, -0.2) is 4.79 Å². The number of hydrogen-bond donors (Lipinski definition) is 1. The quantitative estimate of drug-likeness (QED) is 0.414. The van der Waals surface area contributed by atoms with Crippen molar-refractivity contribution in [2.45, 2.75) is 82.6 Å². The second-order valence-electron chi connectivity index (χ2n) is 11.0. The van der Waals surface area contributed by atoms with Crippen molar-refractivity contribution in [3.05, 3.63) is 66.2 Å². The van der Waals surface area contributed by atoms with Gasteiger partial charge in [-0.2, -0.15) is 0 Å². The molecular weight excluding hydrogens is 499 g/mol. The van der Waals surface area contributed by atoms with E-state index in [1.54, 1.807) is 20.8 Å². The zero-order valence-electron chi connectivity index (χ0n) is 21.9. The molecule has 1 aliphatic heterocycles. The Bertz CT molecular complexity index is 1160. The number of likely N-dealkylation sites (tertiary alicyclic amines) is 1. The van der Waals surface area contributed by atoms with Crippen molar-refractivity contribution in [1.82, 2.24) is 4.90 Å². The van der Waals surface area contributed by atoms with Crippen LogP contribution in [0.4, 0.5) is 18.0 Å². The molecule has 2 aromatic carbocycles. The minimum absolute atomic E-state index is 0.00608. The number of carbonyl (C=O) groups is 1. The van der Waals surface area contributed by atoms with Crippen molar-refractivity contribution >= 4 is 11.7 Å². The summed E-state index contributed by atoms with van der Waals surface area (Å²) in [4.78, 5) is 14.8. The van der Waals surface area contributed by atoms with Crippen molar-refractivity contribution in [3.63, 3.8) is 0 Å². The summed E-state index contributed by atoms with van der Waals surface area (Å²) in [5, 5.41) is 12.1. The second kappa shape index (κ2) is 10.5. The average molecular weight is 534 g/mol. The van der Waals surface area contributed by atoms with Crippen LogP contribution in [0.15, 0.2) is 55.1 Å². The molecular formula is C29H34F3NO5. The van der Waals surface area contributed by atoms with Crippen LogP contribution >= 0.6 is 0 Å². The minimum Gasteiger partial charge on any atom is -0.490 e. The van der Waals surface area contributed by atoms with Gasteiger partial charge in [0.2, 0.25) is 0 Å². The maximum atomic E-state index is 13.2. The van der Waals surface area contributed by atoms with E-state index in [9.17, 15) is 23.1 Å². The first-order valence-corrected chi connectivity index (χ1v) is 12.8. The molecule has 6 nitrogen and oxygen atoms in total. The Morgan fingerprint density at radius 1 is 1.13 bits per heavy atom. The van der Waals surface area contributed by atoms with Crippen molar-refractivity contribution < 1.29 is 37.3 Å². The first-order chi connectivity index (χ1) is 17.7. The van der Waals surface area contributed by atoms with Crippen molar-refractivity contribution in [2.24, 2.45) is 0 Å². The summed E-state index contributed by atoms with van der Waals surface area (Å²) < 4.78 is 54.6. The summed E-state index contributed by atoms with van der Waals surface area (Å²) in [6.45, 7) is 9.85. The Kier molecular flexibility index (Phi) is 7.70. The van der Waals surface area contributed by atoms with Gasteiger partial charge in [0.05, 0.1) is 17.7 Å². The number of hydrogen-bond acceptors (Lipinski definition) is 5. The average Bonchev–Trinajstić information content (AvgIpc) is 3.62. The van der Waals surface area contributed by atoms with Crippen LogP contribution in [0.3, 0.4) is 0 Å². The molecule has 0 aromatic heterocycles. The summed E-state index contributed by atoms with van der Waals surface area (Å²) >= 11 is 0. The molecule has 2 aromatic rings. The van der Waals surface area contributed by atoms with Crippen LogP contribution < -0.4 is 9.47 Å². The lowest BCUT2D eigenvalue weighted by atomic mass is 9.76. The standard InChI is InChI=1S/C29H34F3NO5/c1-19(23-17-22(37-29(30,31)32)13-14-24(23)36-21-11-12-21)18-28(35)15-8-16-33(26(34)38-27(2,3)4)25(28)20-9-6-5-7-10-20/h5-7,9-10,13-14,17,21,25,35H,1,8,11-12,15-16,18H2,2-4H3. The van der Waals surface area contributed by atoms with Crippen LogP contribution in [-0.4, -0.2) is 46.3 Å². The van der Waals surface area contributed by atoms with Gasteiger partial charge in [0.1, 0.15) is 17.1 Å². The fourth-order valence-corrected chi connectivity index (χ4v) is 4.85. The number of rotatable bonds is 7. The number of aliphatic hydroxyl groups is 1. The number of piperidine rings is 1. The second-order valence-corrected chi connectivity index (χ2v) is 11.0.